The van der Waals surface area contributed by atoms with Crippen molar-refractivity contribution in [3.8, 4) is 5.75 Å². The van der Waals surface area contributed by atoms with Gasteiger partial charge in [-0.1, -0.05) is 0 Å². The fraction of sp³-hybridized carbons (Fsp3) is 0.200. The van der Waals surface area contributed by atoms with Crippen molar-refractivity contribution in [2.45, 2.75) is 13.8 Å². The van der Waals surface area contributed by atoms with Gasteiger partial charge in [0.15, 0.2) is 0 Å². The van der Waals surface area contributed by atoms with Gasteiger partial charge in [-0.15, -0.1) is 0 Å². The fourth-order valence-corrected chi connectivity index (χ4v) is 1.10. The van der Waals surface area contributed by atoms with E-state index in [1.54, 1.807) is 6.07 Å². The van der Waals surface area contributed by atoms with E-state index in [1.807, 2.05) is 13.8 Å². The molecule has 0 aliphatic carbocycles. The number of hydrogen-bond donors (Lipinski definition) is 1. The molecule has 4 heteroatoms. The summed E-state index contributed by atoms with van der Waals surface area (Å²) >= 11 is 5.25. The molecule has 0 fully saturated rings. The number of carbonyl (C=O) groups is 1. The second-order valence-electron chi connectivity index (χ2n) is 3.04. The first-order valence-electron chi connectivity index (χ1n) is 4.05. The molecule has 14 heavy (non-hydrogen) atoms. The van der Waals surface area contributed by atoms with Crippen molar-refractivity contribution in [1.82, 2.24) is 0 Å². The third kappa shape index (κ3) is 2.57. The van der Waals surface area contributed by atoms with Crippen LogP contribution in [-0.4, -0.2) is 16.1 Å². The number of benzene rings is 1. The highest BCUT2D eigenvalue weighted by atomic mass is 35.5. The Morgan fingerprint density at radius 3 is 2.50 bits per heavy atom. The number of phenolic OH excluding ortho intramolecular Hbond substituents is 1. The third-order valence-electron chi connectivity index (χ3n) is 1.55. The monoisotopic (exact) mass is 211 g/mol. The molecule has 0 saturated heterocycles. The molecule has 0 radical (unpaired) electrons. The summed E-state index contributed by atoms with van der Waals surface area (Å²) in [6, 6.07) is 4.38. The topological polar surface area (TPSA) is 49.7 Å². The first-order chi connectivity index (χ1) is 6.50. The molecule has 1 aromatic rings. The van der Waals surface area contributed by atoms with E-state index in [-0.39, 0.29) is 11.3 Å². The van der Waals surface area contributed by atoms with Gasteiger partial charge >= 0.3 is 0 Å². The normalized spacial score (nSPS) is 9.64. The maximum Gasteiger partial charge on any atom is 0.252 e. The lowest BCUT2D eigenvalue weighted by Gasteiger charge is -2.00. The molecule has 0 spiro atoms. The molecule has 0 saturated carbocycles. The zero-order valence-electron chi connectivity index (χ0n) is 7.91. The van der Waals surface area contributed by atoms with Crippen LogP contribution in [-0.2, 0) is 0 Å². The van der Waals surface area contributed by atoms with Crippen molar-refractivity contribution < 1.29 is 9.90 Å². The summed E-state index contributed by atoms with van der Waals surface area (Å²) in [7, 11) is 0. The van der Waals surface area contributed by atoms with E-state index in [2.05, 4.69) is 4.99 Å². The minimum atomic E-state index is -0.593. The summed E-state index contributed by atoms with van der Waals surface area (Å²) in [5, 5.41) is 8.88. The van der Waals surface area contributed by atoms with Crippen molar-refractivity contribution in [1.29, 1.82) is 0 Å². The highest BCUT2D eigenvalue weighted by Crippen LogP contribution is 2.27. The molecular weight excluding hydrogens is 202 g/mol. The van der Waals surface area contributed by atoms with Gasteiger partial charge in [0.05, 0.1) is 0 Å². The Labute approximate surface area is 87.0 Å². The molecule has 0 aliphatic heterocycles. The van der Waals surface area contributed by atoms with Crippen LogP contribution in [0.1, 0.15) is 24.2 Å². The number of halogens is 1. The number of carbonyl (C=O) groups excluding carboxylic acids is 1. The Hall–Kier alpha value is -1.35. The lowest BCUT2D eigenvalue weighted by molar-refractivity contribution is 0.108. The SMILES string of the molecule is CC(C)=Nc1ccc(C(=O)Cl)cc1O. The van der Waals surface area contributed by atoms with E-state index in [0.717, 1.165) is 5.71 Å². The lowest BCUT2D eigenvalue weighted by Crippen LogP contribution is -1.87. The van der Waals surface area contributed by atoms with Gasteiger partial charge in [-0.25, -0.2) is 0 Å². The second kappa shape index (κ2) is 4.24. The lowest BCUT2D eigenvalue weighted by atomic mass is 10.2. The van der Waals surface area contributed by atoms with Gasteiger partial charge in [0.25, 0.3) is 5.24 Å². The first kappa shape index (κ1) is 10.7. The number of rotatable bonds is 2. The van der Waals surface area contributed by atoms with E-state index in [9.17, 15) is 9.90 Å². The van der Waals surface area contributed by atoms with Crippen molar-refractivity contribution in [2.24, 2.45) is 4.99 Å². The Bertz CT molecular complexity index is 395. The first-order valence-corrected chi connectivity index (χ1v) is 4.43. The van der Waals surface area contributed by atoms with Crippen LogP contribution in [0, 0.1) is 0 Å². The summed E-state index contributed by atoms with van der Waals surface area (Å²) in [6.07, 6.45) is 0. The van der Waals surface area contributed by atoms with Gasteiger partial charge in [-0.2, -0.15) is 0 Å². The Morgan fingerprint density at radius 2 is 2.07 bits per heavy atom. The third-order valence-corrected chi connectivity index (χ3v) is 1.76. The Kier molecular flexibility index (Phi) is 3.25. The molecule has 0 amide bonds. The fourth-order valence-electron chi connectivity index (χ4n) is 0.981. The molecule has 1 aromatic carbocycles. The smallest absolute Gasteiger partial charge is 0.252 e. The van der Waals surface area contributed by atoms with Crippen LogP contribution >= 0.6 is 11.6 Å². The standard InChI is InChI=1S/C10H10ClNO2/c1-6(2)12-8-4-3-7(10(11)14)5-9(8)13/h3-5,13H,1-2H3. The summed E-state index contributed by atoms with van der Waals surface area (Å²) < 4.78 is 0. The largest absolute Gasteiger partial charge is 0.506 e. The van der Waals surface area contributed by atoms with E-state index in [4.69, 9.17) is 11.6 Å². The molecule has 3 nitrogen and oxygen atoms in total. The van der Waals surface area contributed by atoms with Crippen molar-refractivity contribution in [2.75, 3.05) is 0 Å². The van der Waals surface area contributed by atoms with Crippen LogP contribution in [0.5, 0.6) is 5.75 Å². The predicted molar refractivity (Wildman–Crippen MR) is 56.7 cm³/mol. The highest BCUT2D eigenvalue weighted by Gasteiger charge is 2.05. The second-order valence-corrected chi connectivity index (χ2v) is 3.38. The summed E-state index contributed by atoms with van der Waals surface area (Å²) in [4.78, 5) is 14.8. The average Bonchev–Trinajstić information content (AvgIpc) is 2.07. The molecule has 0 unspecified atom stereocenters. The molecule has 0 aliphatic rings. The molecule has 1 rings (SSSR count). The highest BCUT2D eigenvalue weighted by molar-refractivity contribution is 6.67. The van der Waals surface area contributed by atoms with Crippen LogP contribution < -0.4 is 0 Å². The summed E-state index contributed by atoms with van der Waals surface area (Å²) in [5.74, 6) is -0.0438. The zero-order chi connectivity index (χ0) is 10.7. The molecule has 74 valence electrons. The van der Waals surface area contributed by atoms with Crippen molar-refractivity contribution in [3.63, 3.8) is 0 Å². The summed E-state index contributed by atoms with van der Waals surface area (Å²) in [5.41, 5.74) is 1.52. The number of nitrogens with zero attached hydrogens (tertiary/aromatic N) is 1. The van der Waals surface area contributed by atoms with E-state index in [0.29, 0.717) is 5.69 Å². The zero-order valence-corrected chi connectivity index (χ0v) is 8.67. The summed E-state index contributed by atoms with van der Waals surface area (Å²) in [6.45, 7) is 3.64. The van der Waals surface area contributed by atoms with Gasteiger partial charge < -0.3 is 5.11 Å². The quantitative estimate of drug-likeness (QED) is 0.604. The molecule has 0 aromatic heterocycles. The van der Waals surface area contributed by atoms with Gasteiger partial charge in [0.2, 0.25) is 0 Å². The minimum Gasteiger partial charge on any atom is -0.506 e. The predicted octanol–water partition coefficient (Wildman–Crippen LogP) is 2.88. The average molecular weight is 212 g/mol. The molecule has 1 N–H and O–H groups in total. The Morgan fingerprint density at radius 1 is 1.43 bits per heavy atom. The van der Waals surface area contributed by atoms with Crippen molar-refractivity contribution >= 4 is 28.2 Å². The van der Waals surface area contributed by atoms with Gasteiger partial charge in [-0.3, -0.25) is 9.79 Å². The van der Waals surface area contributed by atoms with Crippen molar-refractivity contribution in [3.05, 3.63) is 23.8 Å². The van der Waals surface area contributed by atoms with Crippen LogP contribution in [0.2, 0.25) is 0 Å². The molecule has 0 bridgehead atoms. The van der Waals surface area contributed by atoms with Gasteiger partial charge in [-0.05, 0) is 43.6 Å². The van der Waals surface area contributed by atoms with Crippen LogP contribution in [0.4, 0.5) is 5.69 Å². The number of aliphatic imine (C=N–C) groups is 1. The maximum absolute atomic E-state index is 10.7. The van der Waals surface area contributed by atoms with Crippen LogP contribution in [0.25, 0.3) is 0 Å². The number of aromatic hydroxyl groups is 1. The van der Waals surface area contributed by atoms with Crippen LogP contribution in [0.3, 0.4) is 0 Å². The van der Waals surface area contributed by atoms with Gasteiger partial charge in [0, 0.05) is 11.3 Å². The van der Waals surface area contributed by atoms with E-state index >= 15 is 0 Å². The Balaban J connectivity index is 3.14. The molecule has 0 atom stereocenters. The minimum absolute atomic E-state index is 0.0438. The molecule has 0 heterocycles. The number of hydrogen-bond acceptors (Lipinski definition) is 3. The van der Waals surface area contributed by atoms with E-state index < -0.39 is 5.24 Å². The molecular formula is C10H10ClNO2. The van der Waals surface area contributed by atoms with Crippen LogP contribution in [0.15, 0.2) is 23.2 Å². The maximum atomic E-state index is 10.7. The van der Waals surface area contributed by atoms with E-state index in [1.165, 1.54) is 12.1 Å². The van der Waals surface area contributed by atoms with Gasteiger partial charge in [0.1, 0.15) is 11.4 Å². The number of phenols is 1.